The average Bonchev–Trinajstić information content (AvgIpc) is 2.72. The minimum atomic E-state index is -3.81. The Balaban J connectivity index is 1.82. The molecule has 0 saturated heterocycles. The highest BCUT2D eigenvalue weighted by Gasteiger charge is 2.19. The molecule has 0 aliphatic carbocycles. The van der Waals surface area contributed by atoms with Crippen LogP contribution in [0.1, 0.15) is 52.0 Å². The molecule has 1 atom stereocenters. The largest absolute Gasteiger partial charge is 0.345 e. The molecule has 31 heavy (non-hydrogen) atoms. The van der Waals surface area contributed by atoms with Gasteiger partial charge in [0, 0.05) is 11.3 Å². The van der Waals surface area contributed by atoms with Crippen molar-refractivity contribution < 1.29 is 13.2 Å². The zero-order valence-electron chi connectivity index (χ0n) is 18.3. The fourth-order valence-corrected chi connectivity index (χ4v) is 4.68. The lowest BCUT2D eigenvalue weighted by Crippen LogP contribution is -2.29. The number of benzene rings is 3. The third-order valence-electron chi connectivity index (χ3n) is 5.19. The quantitative estimate of drug-likeness (QED) is 0.528. The monoisotopic (exact) mass is 436 g/mol. The van der Waals surface area contributed by atoms with Crippen molar-refractivity contribution in [1.29, 1.82) is 0 Å². The number of aryl methyl sites for hydroxylation is 3. The first-order valence-electron chi connectivity index (χ1n) is 10.3. The number of anilines is 1. The Morgan fingerprint density at radius 1 is 0.903 bits per heavy atom. The third-order valence-corrected chi connectivity index (χ3v) is 6.57. The molecule has 0 heterocycles. The van der Waals surface area contributed by atoms with Gasteiger partial charge in [-0.1, -0.05) is 48.9 Å². The van der Waals surface area contributed by atoms with Crippen LogP contribution < -0.4 is 10.0 Å². The van der Waals surface area contributed by atoms with E-state index in [0.717, 1.165) is 23.1 Å². The molecule has 0 saturated carbocycles. The predicted molar refractivity (Wildman–Crippen MR) is 125 cm³/mol. The fourth-order valence-electron chi connectivity index (χ4n) is 3.59. The summed E-state index contributed by atoms with van der Waals surface area (Å²) in [7, 11) is -3.81. The molecule has 0 spiro atoms. The molecular weight excluding hydrogens is 408 g/mol. The van der Waals surface area contributed by atoms with E-state index in [0.29, 0.717) is 11.3 Å². The Morgan fingerprint density at radius 3 is 2.29 bits per heavy atom. The van der Waals surface area contributed by atoms with E-state index in [1.807, 2.05) is 45.9 Å². The lowest BCUT2D eigenvalue weighted by atomic mass is 9.97. The maximum atomic E-state index is 12.9. The molecule has 0 aliphatic rings. The van der Waals surface area contributed by atoms with Gasteiger partial charge in [-0.15, -0.1) is 0 Å². The second kappa shape index (κ2) is 9.35. The summed E-state index contributed by atoms with van der Waals surface area (Å²) >= 11 is 0. The normalized spacial score (nSPS) is 12.3. The number of amides is 1. The topological polar surface area (TPSA) is 75.3 Å². The molecule has 0 radical (unpaired) electrons. The Hall–Kier alpha value is -3.12. The highest BCUT2D eigenvalue weighted by molar-refractivity contribution is 7.92. The van der Waals surface area contributed by atoms with E-state index in [9.17, 15) is 13.2 Å². The lowest BCUT2D eigenvalue weighted by Gasteiger charge is -2.20. The van der Waals surface area contributed by atoms with Gasteiger partial charge in [0.25, 0.3) is 15.9 Å². The van der Waals surface area contributed by atoms with Crippen LogP contribution in [0, 0.1) is 20.8 Å². The van der Waals surface area contributed by atoms with Crippen LogP contribution in [0.3, 0.4) is 0 Å². The van der Waals surface area contributed by atoms with Gasteiger partial charge in [0.2, 0.25) is 0 Å². The molecule has 1 amide bonds. The zero-order chi connectivity index (χ0) is 22.6. The minimum Gasteiger partial charge on any atom is -0.345 e. The van der Waals surface area contributed by atoms with Crippen molar-refractivity contribution in [2.75, 3.05) is 4.72 Å². The van der Waals surface area contributed by atoms with Crippen LogP contribution in [0.4, 0.5) is 5.69 Å². The summed E-state index contributed by atoms with van der Waals surface area (Å²) in [6.45, 7) is 7.97. The summed E-state index contributed by atoms with van der Waals surface area (Å²) in [5.41, 5.74) is 5.08. The first-order chi connectivity index (χ1) is 14.7. The molecule has 3 rings (SSSR count). The molecule has 0 unspecified atom stereocenters. The van der Waals surface area contributed by atoms with E-state index in [1.54, 1.807) is 30.3 Å². The summed E-state index contributed by atoms with van der Waals surface area (Å²) in [5.74, 6) is -0.306. The molecule has 3 aromatic carbocycles. The van der Waals surface area contributed by atoms with Crippen LogP contribution in [0.2, 0.25) is 0 Å². The Kier molecular flexibility index (Phi) is 6.81. The van der Waals surface area contributed by atoms with Gasteiger partial charge < -0.3 is 5.32 Å². The van der Waals surface area contributed by atoms with E-state index >= 15 is 0 Å². The van der Waals surface area contributed by atoms with Gasteiger partial charge in [0.15, 0.2) is 0 Å². The van der Waals surface area contributed by atoms with Crippen LogP contribution in [-0.4, -0.2) is 14.3 Å². The summed E-state index contributed by atoms with van der Waals surface area (Å²) in [6.07, 6.45) is 0.725. The van der Waals surface area contributed by atoms with E-state index in [1.165, 1.54) is 17.7 Å². The molecule has 0 aromatic heterocycles. The van der Waals surface area contributed by atoms with Crippen LogP contribution in [0.25, 0.3) is 0 Å². The number of hydrogen-bond donors (Lipinski definition) is 2. The molecule has 5 nitrogen and oxygen atoms in total. The summed E-state index contributed by atoms with van der Waals surface area (Å²) in [5, 5.41) is 3.04. The highest BCUT2D eigenvalue weighted by Crippen LogP contribution is 2.23. The number of sulfonamides is 1. The van der Waals surface area contributed by atoms with E-state index in [4.69, 9.17) is 0 Å². The Bertz CT molecular complexity index is 1200. The van der Waals surface area contributed by atoms with Gasteiger partial charge in [-0.3, -0.25) is 9.52 Å². The van der Waals surface area contributed by atoms with E-state index < -0.39 is 10.0 Å². The molecule has 162 valence electrons. The van der Waals surface area contributed by atoms with Crippen molar-refractivity contribution in [1.82, 2.24) is 5.32 Å². The standard InChI is InChI=1S/C25H28N2O3S/c1-5-24(23-13-12-18(3)14-19(23)4)26-25(28)20-9-7-11-22(16-20)31(29,30)27-21-10-6-8-17(2)15-21/h6-16,24,27H,5H2,1-4H3,(H,26,28)/t24-/m0/s1. The number of rotatable bonds is 7. The van der Waals surface area contributed by atoms with Gasteiger partial charge in [0.05, 0.1) is 10.9 Å². The van der Waals surface area contributed by atoms with Crippen LogP contribution in [0.15, 0.2) is 71.6 Å². The van der Waals surface area contributed by atoms with Gasteiger partial charge in [-0.05, 0) is 74.2 Å². The highest BCUT2D eigenvalue weighted by atomic mass is 32.2. The maximum absolute atomic E-state index is 12.9. The van der Waals surface area contributed by atoms with Crippen LogP contribution in [0.5, 0.6) is 0 Å². The molecule has 0 bridgehead atoms. The van der Waals surface area contributed by atoms with Gasteiger partial charge >= 0.3 is 0 Å². The zero-order valence-corrected chi connectivity index (χ0v) is 19.1. The van der Waals surface area contributed by atoms with Crippen molar-refractivity contribution in [2.24, 2.45) is 0 Å². The van der Waals surface area contributed by atoms with Crippen LogP contribution >= 0.6 is 0 Å². The Labute approximate surface area is 184 Å². The summed E-state index contributed by atoms with van der Waals surface area (Å²) in [6, 6.07) is 19.2. The maximum Gasteiger partial charge on any atom is 0.261 e. The van der Waals surface area contributed by atoms with Crippen molar-refractivity contribution in [3.63, 3.8) is 0 Å². The molecule has 6 heteroatoms. The summed E-state index contributed by atoms with van der Waals surface area (Å²) in [4.78, 5) is 13.0. The minimum absolute atomic E-state index is 0.0428. The lowest BCUT2D eigenvalue weighted by molar-refractivity contribution is 0.0935. The fraction of sp³-hybridized carbons (Fsp3) is 0.240. The molecule has 0 fully saturated rings. The van der Waals surface area contributed by atoms with Gasteiger partial charge in [-0.25, -0.2) is 8.42 Å². The second-order valence-corrected chi connectivity index (χ2v) is 9.48. The summed E-state index contributed by atoms with van der Waals surface area (Å²) < 4.78 is 28.2. The first kappa shape index (κ1) is 22.6. The number of carbonyl (C=O) groups is 1. The van der Waals surface area contributed by atoms with E-state index in [-0.39, 0.29) is 16.8 Å². The van der Waals surface area contributed by atoms with Crippen molar-refractivity contribution in [2.45, 2.75) is 45.1 Å². The first-order valence-corrected chi connectivity index (χ1v) is 11.8. The van der Waals surface area contributed by atoms with E-state index in [2.05, 4.69) is 16.1 Å². The molecular formula is C25H28N2O3S. The predicted octanol–water partition coefficient (Wildman–Crippen LogP) is 5.29. The van der Waals surface area contributed by atoms with Crippen LogP contribution in [-0.2, 0) is 10.0 Å². The van der Waals surface area contributed by atoms with Gasteiger partial charge in [0.1, 0.15) is 0 Å². The number of nitrogens with one attached hydrogen (secondary N) is 2. The van der Waals surface area contributed by atoms with Gasteiger partial charge in [-0.2, -0.15) is 0 Å². The van der Waals surface area contributed by atoms with Crippen molar-refractivity contribution in [3.05, 3.63) is 94.5 Å². The molecule has 2 N–H and O–H groups in total. The SMILES string of the molecule is CC[C@H](NC(=O)c1cccc(S(=O)(=O)Nc2cccc(C)c2)c1)c1ccc(C)cc1C. The van der Waals surface area contributed by atoms with Crippen molar-refractivity contribution >= 4 is 21.6 Å². The average molecular weight is 437 g/mol. The number of carbonyl (C=O) groups excluding carboxylic acids is 1. The molecule has 3 aromatic rings. The molecule has 0 aliphatic heterocycles. The third kappa shape index (κ3) is 5.52. The van der Waals surface area contributed by atoms with Crippen molar-refractivity contribution in [3.8, 4) is 0 Å². The smallest absolute Gasteiger partial charge is 0.261 e. The number of hydrogen-bond acceptors (Lipinski definition) is 3. The second-order valence-electron chi connectivity index (χ2n) is 7.80. The Morgan fingerprint density at radius 2 is 1.61 bits per heavy atom.